The molecule has 1 amide bonds. The molecule has 1 aromatic heterocycles. The van der Waals surface area contributed by atoms with Crippen LogP contribution in [0.25, 0.3) is 0 Å². The van der Waals surface area contributed by atoms with Crippen LogP contribution < -0.4 is 5.32 Å². The number of aromatic nitrogens is 2. The molecule has 0 unspecified atom stereocenters. The number of aryl methyl sites for hydroxylation is 1. The number of nitrogens with zero attached hydrogens (tertiary/aromatic N) is 2. The molecular formula is C15H18ClN3O. The van der Waals surface area contributed by atoms with E-state index in [1.165, 1.54) is 5.56 Å². The number of anilines is 1. The zero-order valence-electron chi connectivity index (χ0n) is 11.9. The van der Waals surface area contributed by atoms with Gasteiger partial charge in [-0.05, 0) is 30.5 Å². The van der Waals surface area contributed by atoms with E-state index in [1.54, 1.807) is 10.9 Å². The number of carbonyl (C=O) groups excluding carboxylic acids is 1. The second-order valence-electron chi connectivity index (χ2n) is 4.91. The van der Waals surface area contributed by atoms with Gasteiger partial charge in [-0.3, -0.25) is 9.48 Å². The van der Waals surface area contributed by atoms with Crippen molar-refractivity contribution >= 4 is 23.2 Å². The van der Waals surface area contributed by atoms with E-state index in [4.69, 9.17) is 11.6 Å². The summed E-state index contributed by atoms with van der Waals surface area (Å²) in [5, 5.41) is 7.31. The molecule has 0 aliphatic rings. The molecule has 4 nitrogen and oxygen atoms in total. The minimum atomic E-state index is -0.292. The molecule has 2 rings (SSSR count). The number of rotatable bonds is 4. The molecule has 0 aliphatic carbocycles. The number of hydrogen-bond acceptors (Lipinski definition) is 2. The Morgan fingerprint density at radius 2 is 2.00 bits per heavy atom. The fourth-order valence-electron chi connectivity index (χ4n) is 1.85. The first-order chi connectivity index (χ1) is 9.51. The standard InChI is InChI=1S/C15H18ClN3O/c1-4-19-9-13(16)14(18-19)15(20)17-12-7-5-11(6-8-12)10(2)3/h5-10H,4H2,1-3H3,(H,17,20). The largest absolute Gasteiger partial charge is 0.321 e. The number of halogens is 1. The van der Waals surface area contributed by atoms with Crippen LogP contribution in [0.1, 0.15) is 42.7 Å². The monoisotopic (exact) mass is 291 g/mol. The minimum absolute atomic E-state index is 0.251. The van der Waals surface area contributed by atoms with Crippen molar-refractivity contribution in [3.8, 4) is 0 Å². The van der Waals surface area contributed by atoms with Gasteiger partial charge in [0.1, 0.15) is 0 Å². The predicted octanol–water partition coefficient (Wildman–Crippen LogP) is 3.93. The van der Waals surface area contributed by atoms with E-state index in [0.717, 1.165) is 5.69 Å². The first kappa shape index (κ1) is 14.6. The van der Waals surface area contributed by atoms with Crippen molar-refractivity contribution in [2.45, 2.75) is 33.2 Å². The molecule has 1 N–H and O–H groups in total. The molecule has 0 fully saturated rings. The molecule has 0 radical (unpaired) electrons. The number of nitrogens with one attached hydrogen (secondary N) is 1. The summed E-state index contributed by atoms with van der Waals surface area (Å²) in [7, 11) is 0. The van der Waals surface area contributed by atoms with Gasteiger partial charge in [0.25, 0.3) is 5.91 Å². The van der Waals surface area contributed by atoms with Gasteiger partial charge in [0, 0.05) is 18.4 Å². The highest BCUT2D eigenvalue weighted by atomic mass is 35.5. The molecule has 0 spiro atoms. The van der Waals surface area contributed by atoms with Crippen molar-refractivity contribution in [1.82, 2.24) is 9.78 Å². The lowest BCUT2D eigenvalue weighted by Gasteiger charge is -2.07. The molecule has 0 aliphatic heterocycles. The molecule has 0 saturated heterocycles. The summed E-state index contributed by atoms with van der Waals surface area (Å²) in [6, 6.07) is 7.79. The second kappa shape index (κ2) is 6.09. The molecule has 106 valence electrons. The molecule has 0 saturated carbocycles. The number of hydrogen-bond donors (Lipinski definition) is 1. The fraction of sp³-hybridized carbons (Fsp3) is 0.333. The third-order valence-corrected chi connectivity index (χ3v) is 3.37. The average molecular weight is 292 g/mol. The minimum Gasteiger partial charge on any atom is -0.321 e. The van der Waals surface area contributed by atoms with Gasteiger partial charge in [0.15, 0.2) is 5.69 Å². The van der Waals surface area contributed by atoms with Gasteiger partial charge in [0.2, 0.25) is 0 Å². The molecule has 0 atom stereocenters. The maximum Gasteiger partial charge on any atom is 0.277 e. The second-order valence-corrected chi connectivity index (χ2v) is 5.32. The van der Waals surface area contributed by atoms with Crippen LogP contribution in [0.4, 0.5) is 5.69 Å². The van der Waals surface area contributed by atoms with Crippen molar-refractivity contribution < 1.29 is 4.79 Å². The topological polar surface area (TPSA) is 46.9 Å². The van der Waals surface area contributed by atoms with Crippen molar-refractivity contribution in [2.24, 2.45) is 0 Å². The summed E-state index contributed by atoms with van der Waals surface area (Å²) in [5.74, 6) is 0.175. The number of amides is 1. The molecular weight excluding hydrogens is 274 g/mol. The normalized spacial score (nSPS) is 10.8. The van der Waals surface area contributed by atoms with Crippen molar-refractivity contribution in [3.63, 3.8) is 0 Å². The lowest BCUT2D eigenvalue weighted by molar-refractivity contribution is 0.102. The number of carbonyl (C=O) groups is 1. The van der Waals surface area contributed by atoms with E-state index in [0.29, 0.717) is 17.5 Å². The fourth-order valence-corrected chi connectivity index (χ4v) is 2.09. The van der Waals surface area contributed by atoms with E-state index in [-0.39, 0.29) is 11.6 Å². The van der Waals surface area contributed by atoms with Crippen LogP contribution in [0.3, 0.4) is 0 Å². The van der Waals surface area contributed by atoms with E-state index < -0.39 is 0 Å². The zero-order valence-corrected chi connectivity index (χ0v) is 12.6. The highest BCUT2D eigenvalue weighted by Gasteiger charge is 2.15. The first-order valence-corrected chi connectivity index (χ1v) is 7.03. The Morgan fingerprint density at radius 1 is 1.35 bits per heavy atom. The highest BCUT2D eigenvalue weighted by Crippen LogP contribution is 2.19. The van der Waals surface area contributed by atoms with Crippen LogP contribution in [0.2, 0.25) is 5.02 Å². The molecule has 0 bridgehead atoms. The van der Waals surface area contributed by atoms with Crippen LogP contribution in [-0.4, -0.2) is 15.7 Å². The maximum absolute atomic E-state index is 12.1. The Hall–Kier alpha value is -1.81. The molecule has 1 aromatic carbocycles. The van der Waals surface area contributed by atoms with Gasteiger partial charge in [-0.15, -0.1) is 0 Å². The van der Waals surface area contributed by atoms with Crippen LogP contribution in [0, 0.1) is 0 Å². The Balaban J connectivity index is 2.12. The van der Waals surface area contributed by atoms with Crippen LogP contribution in [-0.2, 0) is 6.54 Å². The summed E-state index contributed by atoms with van der Waals surface area (Å²) in [5.41, 5.74) is 2.22. The smallest absolute Gasteiger partial charge is 0.277 e. The molecule has 20 heavy (non-hydrogen) atoms. The Bertz CT molecular complexity index is 602. The first-order valence-electron chi connectivity index (χ1n) is 6.65. The van der Waals surface area contributed by atoms with Crippen molar-refractivity contribution in [2.75, 3.05) is 5.32 Å². The highest BCUT2D eigenvalue weighted by molar-refractivity contribution is 6.34. The van der Waals surface area contributed by atoms with Crippen molar-refractivity contribution in [3.05, 3.63) is 46.7 Å². The van der Waals surface area contributed by atoms with Crippen LogP contribution >= 0.6 is 11.6 Å². The van der Waals surface area contributed by atoms with Gasteiger partial charge in [-0.2, -0.15) is 5.10 Å². The summed E-state index contributed by atoms with van der Waals surface area (Å²) < 4.78 is 1.64. The van der Waals surface area contributed by atoms with Crippen molar-refractivity contribution in [1.29, 1.82) is 0 Å². The lowest BCUT2D eigenvalue weighted by Crippen LogP contribution is -2.13. The SMILES string of the molecule is CCn1cc(Cl)c(C(=O)Nc2ccc(C(C)C)cc2)n1. The van der Waals surface area contributed by atoms with E-state index in [9.17, 15) is 4.79 Å². The average Bonchev–Trinajstić information content (AvgIpc) is 2.80. The predicted molar refractivity (Wildman–Crippen MR) is 81.4 cm³/mol. The van der Waals surface area contributed by atoms with Gasteiger partial charge in [0.05, 0.1) is 5.02 Å². The number of benzene rings is 1. The summed E-state index contributed by atoms with van der Waals surface area (Å²) >= 11 is 6.01. The molecule has 5 heteroatoms. The quantitative estimate of drug-likeness (QED) is 0.927. The van der Waals surface area contributed by atoms with E-state index >= 15 is 0 Å². The van der Waals surface area contributed by atoms with Gasteiger partial charge >= 0.3 is 0 Å². The zero-order chi connectivity index (χ0) is 14.7. The molecule has 1 heterocycles. The summed E-state index contributed by atoms with van der Waals surface area (Å²) in [4.78, 5) is 12.1. The maximum atomic E-state index is 12.1. The Labute approximate surface area is 123 Å². The Morgan fingerprint density at radius 3 is 2.50 bits per heavy atom. The van der Waals surface area contributed by atoms with E-state index in [1.807, 2.05) is 31.2 Å². The van der Waals surface area contributed by atoms with Gasteiger partial charge in [-0.1, -0.05) is 37.6 Å². The summed E-state index contributed by atoms with van der Waals surface area (Å²) in [6.07, 6.45) is 1.65. The van der Waals surface area contributed by atoms with E-state index in [2.05, 4.69) is 24.3 Å². The van der Waals surface area contributed by atoms with Gasteiger partial charge < -0.3 is 5.32 Å². The third kappa shape index (κ3) is 3.20. The lowest BCUT2D eigenvalue weighted by atomic mass is 10.0. The summed E-state index contributed by atoms with van der Waals surface area (Å²) in [6.45, 7) is 6.88. The third-order valence-electron chi connectivity index (χ3n) is 3.09. The van der Waals surface area contributed by atoms with Gasteiger partial charge in [-0.25, -0.2) is 0 Å². The molecule has 2 aromatic rings. The van der Waals surface area contributed by atoms with Crippen LogP contribution in [0.15, 0.2) is 30.5 Å². The Kier molecular flexibility index (Phi) is 4.45. The van der Waals surface area contributed by atoms with Crippen LogP contribution in [0.5, 0.6) is 0 Å².